The molecule has 3 aromatic rings. The van der Waals surface area contributed by atoms with Crippen molar-refractivity contribution in [3.8, 4) is 5.88 Å². The summed E-state index contributed by atoms with van der Waals surface area (Å²) >= 11 is 4.97. The lowest BCUT2D eigenvalue weighted by atomic mass is 10.0. The van der Waals surface area contributed by atoms with E-state index in [1.807, 2.05) is 24.0 Å². The minimum atomic E-state index is -0.110. The van der Waals surface area contributed by atoms with Gasteiger partial charge in [0, 0.05) is 44.0 Å². The summed E-state index contributed by atoms with van der Waals surface area (Å²) in [5.41, 5.74) is 1.09. The van der Waals surface area contributed by atoms with Crippen molar-refractivity contribution in [1.82, 2.24) is 24.4 Å². The summed E-state index contributed by atoms with van der Waals surface area (Å²) < 4.78 is 2.55. The number of aromatic nitrogens is 3. The van der Waals surface area contributed by atoms with Gasteiger partial charge in [-0.05, 0) is 17.7 Å². The second-order valence-electron chi connectivity index (χ2n) is 6.86. The quantitative estimate of drug-likeness (QED) is 0.643. The molecule has 148 valence electrons. The molecule has 1 aromatic carbocycles. The summed E-state index contributed by atoms with van der Waals surface area (Å²) in [6, 6.07) is 8.05. The fraction of sp³-hybridized carbons (Fsp3) is 0.421. The van der Waals surface area contributed by atoms with Crippen molar-refractivity contribution >= 4 is 38.1 Å². The van der Waals surface area contributed by atoms with Crippen LogP contribution in [0.1, 0.15) is 36.2 Å². The minimum absolute atomic E-state index is 0.105. The van der Waals surface area contributed by atoms with E-state index in [-0.39, 0.29) is 17.8 Å². The lowest BCUT2D eigenvalue weighted by Gasteiger charge is -2.38. The van der Waals surface area contributed by atoms with Crippen LogP contribution in [0.2, 0.25) is 0 Å². The van der Waals surface area contributed by atoms with Crippen LogP contribution in [0.3, 0.4) is 0 Å². The van der Waals surface area contributed by atoms with Gasteiger partial charge in [-0.3, -0.25) is 9.69 Å². The third kappa shape index (κ3) is 3.54. The zero-order valence-electron chi connectivity index (χ0n) is 15.8. The third-order valence-corrected chi connectivity index (χ3v) is 6.72. The second-order valence-corrected chi connectivity index (χ2v) is 8.79. The number of hydrogen-bond donors (Lipinski definition) is 1. The number of benzene rings is 1. The van der Waals surface area contributed by atoms with Gasteiger partial charge in [0.15, 0.2) is 5.82 Å². The summed E-state index contributed by atoms with van der Waals surface area (Å²) in [7, 11) is 0. The molecular formula is C19H22BrN5O2S. The standard InChI is InChI=1S/C19H22BrN5O2S/c1-3-15-21-19-25(22-15)18(27)17(28-19)16(13-4-6-14(20)7-5-13)24-10-8-23(9-11-24)12(2)26/h4-7,16,27H,3,8-11H2,1-2H3. The number of hydrogen-bond acceptors (Lipinski definition) is 6. The Bertz CT molecular complexity index is 992. The number of carbonyl (C=O) groups is 1. The van der Waals surface area contributed by atoms with Crippen LogP contribution in [0, 0.1) is 0 Å². The molecule has 4 rings (SSSR count). The van der Waals surface area contributed by atoms with Crippen LogP contribution in [-0.4, -0.2) is 61.6 Å². The highest BCUT2D eigenvalue weighted by atomic mass is 79.9. The lowest BCUT2D eigenvalue weighted by Crippen LogP contribution is -2.49. The van der Waals surface area contributed by atoms with Crippen LogP contribution in [-0.2, 0) is 11.2 Å². The number of carbonyl (C=O) groups excluding carboxylic acids is 1. The summed E-state index contributed by atoms with van der Waals surface area (Å²) in [6.45, 7) is 6.46. The number of piperazine rings is 1. The number of halogens is 1. The predicted molar refractivity (Wildman–Crippen MR) is 112 cm³/mol. The van der Waals surface area contributed by atoms with Crippen LogP contribution in [0.15, 0.2) is 28.7 Å². The van der Waals surface area contributed by atoms with Gasteiger partial charge in [0.1, 0.15) is 0 Å². The molecule has 1 fully saturated rings. The zero-order valence-corrected chi connectivity index (χ0v) is 18.2. The molecule has 1 aliphatic rings. The first-order valence-electron chi connectivity index (χ1n) is 9.30. The zero-order chi connectivity index (χ0) is 19.8. The maximum atomic E-state index is 11.7. The first-order valence-corrected chi connectivity index (χ1v) is 10.9. The van der Waals surface area contributed by atoms with E-state index < -0.39 is 0 Å². The molecule has 1 unspecified atom stereocenters. The highest BCUT2D eigenvalue weighted by Crippen LogP contribution is 2.40. The van der Waals surface area contributed by atoms with E-state index in [9.17, 15) is 9.90 Å². The normalized spacial score (nSPS) is 16.6. The summed E-state index contributed by atoms with van der Waals surface area (Å²) in [4.78, 5) is 21.9. The Morgan fingerprint density at radius 2 is 1.93 bits per heavy atom. The van der Waals surface area contributed by atoms with Crippen molar-refractivity contribution < 1.29 is 9.90 Å². The van der Waals surface area contributed by atoms with Gasteiger partial charge in [-0.25, -0.2) is 4.98 Å². The molecule has 1 N–H and O–H groups in total. The van der Waals surface area contributed by atoms with Crippen molar-refractivity contribution in [2.75, 3.05) is 26.2 Å². The number of aryl methyl sites for hydroxylation is 1. The molecule has 2 aromatic heterocycles. The van der Waals surface area contributed by atoms with Gasteiger partial charge in [-0.2, -0.15) is 4.52 Å². The Balaban J connectivity index is 1.73. The van der Waals surface area contributed by atoms with E-state index in [4.69, 9.17) is 0 Å². The van der Waals surface area contributed by atoms with E-state index in [1.165, 1.54) is 15.9 Å². The molecule has 0 saturated carbocycles. The molecule has 1 aliphatic heterocycles. The molecule has 0 spiro atoms. The number of aromatic hydroxyl groups is 1. The number of fused-ring (bicyclic) bond motifs is 1. The number of amides is 1. The Labute approximate surface area is 175 Å². The van der Waals surface area contributed by atoms with E-state index >= 15 is 0 Å². The van der Waals surface area contributed by atoms with Gasteiger partial charge < -0.3 is 10.0 Å². The number of nitrogens with zero attached hydrogens (tertiary/aromatic N) is 5. The molecule has 1 atom stereocenters. The Morgan fingerprint density at radius 3 is 2.50 bits per heavy atom. The van der Waals surface area contributed by atoms with Gasteiger partial charge in [0.2, 0.25) is 16.7 Å². The SMILES string of the molecule is CCc1nc2sc(C(c3ccc(Br)cc3)N3CCN(C(C)=O)CC3)c(O)n2n1. The fourth-order valence-electron chi connectivity index (χ4n) is 3.59. The Kier molecular flexibility index (Phi) is 5.39. The molecule has 28 heavy (non-hydrogen) atoms. The van der Waals surface area contributed by atoms with Gasteiger partial charge in [0.05, 0.1) is 10.9 Å². The average molecular weight is 464 g/mol. The van der Waals surface area contributed by atoms with Crippen LogP contribution in [0.5, 0.6) is 5.88 Å². The summed E-state index contributed by atoms with van der Waals surface area (Å²) in [6.07, 6.45) is 0.728. The van der Waals surface area contributed by atoms with Crippen molar-refractivity contribution in [2.24, 2.45) is 0 Å². The minimum Gasteiger partial charge on any atom is -0.492 e. The van der Waals surface area contributed by atoms with Crippen LogP contribution >= 0.6 is 27.3 Å². The molecule has 0 aliphatic carbocycles. The summed E-state index contributed by atoms with van der Waals surface area (Å²) in [5, 5.41) is 15.3. The van der Waals surface area contributed by atoms with Crippen LogP contribution in [0.25, 0.3) is 4.96 Å². The van der Waals surface area contributed by atoms with Gasteiger partial charge in [0.25, 0.3) is 0 Å². The number of thiazole rings is 1. The van der Waals surface area contributed by atoms with E-state index in [0.29, 0.717) is 18.1 Å². The largest absolute Gasteiger partial charge is 0.492 e. The molecule has 1 saturated heterocycles. The molecule has 7 nitrogen and oxygen atoms in total. The Morgan fingerprint density at radius 1 is 1.25 bits per heavy atom. The van der Waals surface area contributed by atoms with E-state index in [0.717, 1.165) is 40.2 Å². The maximum Gasteiger partial charge on any atom is 0.230 e. The maximum absolute atomic E-state index is 11.7. The highest BCUT2D eigenvalue weighted by molar-refractivity contribution is 9.10. The molecule has 1 amide bonds. The predicted octanol–water partition coefficient (Wildman–Crippen LogP) is 3.07. The highest BCUT2D eigenvalue weighted by Gasteiger charge is 2.32. The van der Waals surface area contributed by atoms with Crippen molar-refractivity contribution in [3.63, 3.8) is 0 Å². The summed E-state index contributed by atoms with van der Waals surface area (Å²) in [5.74, 6) is 0.978. The van der Waals surface area contributed by atoms with Crippen molar-refractivity contribution in [3.05, 3.63) is 45.0 Å². The monoisotopic (exact) mass is 463 g/mol. The number of rotatable bonds is 4. The topological polar surface area (TPSA) is 74.0 Å². The third-order valence-electron chi connectivity index (χ3n) is 5.12. The molecule has 0 radical (unpaired) electrons. The molecular weight excluding hydrogens is 442 g/mol. The molecule has 9 heteroatoms. The van der Waals surface area contributed by atoms with E-state index in [2.05, 4.69) is 43.0 Å². The van der Waals surface area contributed by atoms with E-state index in [1.54, 1.807) is 6.92 Å². The van der Waals surface area contributed by atoms with Gasteiger partial charge >= 0.3 is 0 Å². The Hall–Kier alpha value is -1.97. The lowest BCUT2D eigenvalue weighted by molar-refractivity contribution is -0.130. The molecule has 3 heterocycles. The van der Waals surface area contributed by atoms with Gasteiger partial charge in [-0.15, -0.1) is 5.10 Å². The average Bonchev–Trinajstić information content (AvgIpc) is 3.23. The fourth-order valence-corrected chi connectivity index (χ4v) is 4.99. The first kappa shape index (κ1) is 19.4. The van der Waals surface area contributed by atoms with Crippen LogP contribution in [0.4, 0.5) is 0 Å². The smallest absolute Gasteiger partial charge is 0.230 e. The van der Waals surface area contributed by atoms with Gasteiger partial charge in [-0.1, -0.05) is 46.3 Å². The first-order chi connectivity index (χ1) is 13.5. The van der Waals surface area contributed by atoms with Crippen molar-refractivity contribution in [2.45, 2.75) is 26.3 Å². The van der Waals surface area contributed by atoms with Crippen molar-refractivity contribution in [1.29, 1.82) is 0 Å². The van der Waals surface area contributed by atoms with Crippen LogP contribution < -0.4 is 0 Å². The second kappa shape index (κ2) is 7.81. The molecule has 0 bridgehead atoms.